The van der Waals surface area contributed by atoms with Gasteiger partial charge in [-0.05, 0) is 39.3 Å². The van der Waals surface area contributed by atoms with E-state index in [0.29, 0.717) is 44.0 Å². The second-order valence-electron chi connectivity index (χ2n) is 6.97. The monoisotopic (exact) mass is 349 g/mol. The zero-order valence-electron chi connectivity index (χ0n) is 15.4. The standard InChI is InChI=1S/C18H27N3O4/c1-18(2,3)25-17(23)21-10-6-9-20(11-12-21)16(22)19-14-7-5-8-15(13-14)24-4/h5,7-8,13H,6,9-12H2,1-4H3,(H,19,22). The molecule has 1 aromatic carbocycles. The fourth-order valence-corrected chi connectivity index (χ4v) is 2.53. The summed E-state index contributed by atoms with van der Waals surface area (Å²) in [5.41, 5.74) is 0.157. The number of carbonyl (C=O) groups excluding carboxylic acids is 2. The molecule has 1 aromatic rings. The van der Waals surface area contributed by atoms with Gasteiger partial charge in [0, 0.05) is 37.9 Å². The number of ether oxygens (including phenoxy) is 2. The van der Waals surface area contributed by atoms with Crippen LogP contribution in [0, 0.1) is 0 Å². The van der Waals surface area contributed by atoms with Gasteiger partial charge in [0.15, 0.2) is 0 Å². The summed E-state index contributed by atoms with van der Waals surface area (Å²) in [6.07, 6.45) is 0.382. The minimum atomic E-state index is -0.521. The fraction of sp³-hybridized carbons (Fsp3) is 0.556. The van der Waals surface area contributed by atoms with Gasteiger partial charge in [-0.2, -0.15) is 0 Å². The van der Waals surface area contributed by atoms with Crippen LogP contribution in [0.4, 0.5) is 15.3 Å². The van der Waals surface area contributed by atoms with Crippen molar-refractivity contribution in [3.05, 3.63) is 24.3 Å². The van der Waals surface area contributed by atoms with Gasteiger partial charge in [0.1, 0.15) is 11.4 Å². The Kier molecular flexibility index (Phi) is 6.12. The van der Waals surface area contributed by atoms with E-state index in [9.17, 15) is 9.59 Å². The summed E-state index contributed by atoms with van der Waals surface area (Å²) in [7, 11) is 1.58. The van der Waals surface area contributed by atoms with Crippen LogP contribution < -0.4 is 10.1 Å². The predicted octanol–water partition coefficient (Wildman–Crippen LogP) is 3.17. The lowest BCUT2D eigenvalue weighted by atomic mass is 10.2. The first-order chi connectivity index (χ1) is 11.8. The summed E-state index contributed by atoms with van der Waals surface area (Å²) in [4.78, 5) is 28.0. The van der Waals surface area contributed by atoms with E-state index in [0.717, 1.165) is 0 Å². The van der Waals surface area contributed by atoms with Gasteiger partial charge in [-0.15, -0.1) is 0 Å². The molecule has 0 aromatic heterocycles. The van der Waals surface area contributed by atoms with Crippen molar-refractivity contribution in [3.63, 3.8) is 0 Å². The summed E-state index contributed by atoms with van der Waals surface area (Å²) in [6, 6.07) is 7.04. The number of benzene rings is 1. The average Bonchev–Trinajstić information content (AvgIpc) is 2.79. The van der Waals surface area contributed by atoms with Crippen LogP contribution in [0.2, 0.25) is 0 Å². The molecule has 25 heavy (non-hydrogen) atoms. The summed E-state index contributed by atoms with van der Waals surface area (Å²) in [5, 5.41) is 2.87. The zero-order valence-corrected chi connectivity index (χ0v) is 15.4. The quantitative estimate of drug-likeness (QED) is 0.890. The first kappa shape index (κ1) is 18.9. The highest BCUT2D eigenvalue weighted by Gasteiger charge is 2.25. The van der Waals surface area contributed by atoms with Gasteiger partial charge in [-0.25, -0.2) is 9.59 Å². The number of methoxy groups -OCH3 is 1. The van der Waals surface area contributed by atoms with Gasteiger partial charge < -0.3 is 24.6 Å². The molecule has 0 bridgehead atoms. The molecule has 7 heteroatoms. The Hall–Kier alpha value is -2.44. The number of amides is 3. The number of hydrogen-bond acceptors (Lipinski definition) is 4. The number of carbonyl (C=O) groups is 2. The normalized spacial score (nSPS) is 15.4. The first-order valence-corrected chi connectivity index (χ1v) is 8.46. The number of nitrogens with zero attached hydrogens (tertiary/aromatic N) is 2. The molecular formula is C18H27N3O4. The molecule has 0 aliphatic carbocycles. The van der Waals surface area contributed by atoms with E-state index >= 15 is 0 Å². The zero-order chi connectivity index (χ0) is 18.4. The summed E-state index contributed by atoms with van der Waals surface area (Å²) in [5.74, 6) is 0.685. The Bertz CT molecular complexity index is 613. The molecule has 0 radical (unpaired) electrons. The van der Waals surface area contributed by atoms with Gasteiger partial charge >= 0.3 is 12.1 Å². The van der Waals surface area contributed by atoms with Crippen LogP contribution in [0.5, 0.6) is 5.75 Å². The lowest BCUT2D eigenvalue weighted by Crippen LogP contribution is -2.41. The Morgan fingerprint density at radius 3 is 2.44 bits per heavy atom. The van der Waals surface area contributed by atoms with Crippen LogP contribution in [-0.4, -0.2) is 60.8 Å². The van der Waals surface area contributed by atoms with E-state index in [1.807, 2.05) is 39.0 Å². The minimum Gasteiger partial charge on any atom is -0.497 e. The highest BCUT2D eigenvalue weighted by Crippen LogP contribution is 2.18. The largest absolute Gasteiger partial charge is 0.497 e. The van der Waals surface area contributed by atoms with Crippen LogP contribution in [0.3, 0.4) is 0 Å². The van der Waals surface area contributed by atoms with Crippen molar-refractivity contribution in [2.75, 3.05) is 38.6 Å². The van der Waals surface area contributed by atoms with Crippen LogP contribution in [0.15, 0.2) is 24.3 Å². The molecule has 138 valence electrons. The summed E-state index contributed by atoms with van der Waals surface area (Å²) >= 11 is 0. The lowest BCUT2D eigenvalue weighted by Gasteiger charge is -2.26. The molecule has 1 aliphatic heterocycles. The highest BCUT2D eigenvalue weighted by atomic mass is 16.6. The predicted molar refractivity (Wildman–Crippen MR) is 96.0 cm³/mol. The fourth-order valence-electron chi connectivity index (χ4n) is 2.53. The molecular weight excluding hydrogens is 322 g/mol. The summed E-state index contributed by atoms with van der Waals surface area (Å²) < 4.78 is 10.6. The third-order valence-corrected chi connectivity index (χ3v) is 3.76. The smallest absolute Gasteiger partial charge is 0.410 e. The topological polar surface area (TPSA) is 71.1 Å². The SMILES string of the molecule is COc1cccc(NC(=O)N2CCCN(C(=O)OC(C)(C)C)CC2)c1. The lowest BCUT2D eigenvalue weighted by molar-refractivity contribution is 0.0259. The number of nitrogens with one attached hydrogen (secondary N) is 1. The Balaban J connectivity index is 1.91. The number of rotatable bonds is 2. The first-order valence-electron chi connectivity index (χ1n) is 8.46. The number of anilines is 1. The number of urea groups is 1. The van der Waals surface area contributed by atoms with Crippen LogP contribution in [0.1, 0.15) is 27.2 Å². The van der Waals surface area contributed by atoms with E-state index in [1.165, 1.54) is 0 Å². The minimum absolute atomic E-state index is 0.181. The third kappa shape index (κ3) is 5.85. The van der Waals surface area contributed by atoms with Crippen molar-refractivity contribution < 1.29 is 19.1 Å². The molecule has 1 N–H and O–H groups in total. The van der Waals surface area contributed by atoms with Crippen molar-refractivity contribution in [3.8, 4) is 5.75 Å². The van der Waals surface area contributed by atoms with Crippen molar-refractivity contribution in [2.45, 2.75) is 32.8 Å². The molecule has 0 atom stereocenters. The van der Waals surface area contributed by atoms with E-state index in [2.05, 4.69) is 5.32 Å². The molecule has 0 saturated carbocycles. The molecule has 3 amide bonds. The van der Waals surface area contributed by atoms with Crippen molar-refractivity contribution in [1.82, 2.24) is 9.80 Å². The maximum atomic E-state index is 12.5. The van der Waals surface area contributed by atoms with Gasteiger partial charge in [0.05, 0.1) is 7.11 Å². The molecule has 2 rings (SSSR count). The van der Waals surface area contributed by atoms with Crippen molar-refractivity contribution in [2.24, 2.45) is 0 Å². The Morgan fingerprint density at radius 2 is 1.76 bits per heavy atom. The van der Waals surface area contributed by atoms with E-state index in [4.69, 9.17) is 9.47 Å². The van der Waals surface area contributed by atoms with Gasteiger partial charge in [0.25, 0.3) is 0 Å². The number of hydrogen-bond donors (Lipinski definition) is 1. The van der Waals surface area contributed by atoms with E-state index in [1.54, 1.807) is 23.0 Å². The van der Waals surface area contributed by atoms with Crippen molar-refractivity contribution in [1.29, 1.82) is 0 Å². The molecule has 0 unspecified atom stereocenters. The second kappa shape index (κ2) is 8.09. The van der Waals surface area contributed by atoms with Crippen molar-refractivity contribution >= 4 is 17.8 Å². The second-order valence-corrected chi connectivity index (χ2v) is 6.97. The van der Waals surface area contributed by atoms with Crippen LogP contribution in [0.25, 0.3) is 0 Å². The van der Waals surface area contributed by atoms with Gasteiger partial charge in [0.2, 0.25) is 0 Å². The average molecular weight is 349 g/mol. The van der Waals surface area contributed by atoms with Gasteiger partial charge in [-0.3, -0.25) is 0 Å². The molecule has 1 saturated heterocycles. The van der Waals surface area contributed by atoms with E-state index in [-0.39, 0.29) is 12.1 Å². The molecule has 0 spiro atoms. The molecule has 7 nitrogen and oxygen atoms in total. The molecule has 1 aliphatic rings. The van der Waals surface area contributed by atoms with E-state index < -0.39 is 5.60 Å². The molecule has 1 fully saturated rings. The highest BCUT2D eigenvalue weighted by molar-refractivity contribution is 5.89. The third-order valence-electron chi connectivity index (χ3n) is 3.76. The molecule has 1 heterocycles. The maximum absolute atomic E-state index is 12.5. The Labute approximate surface area is 148 Å². The maximum Gasteiger partial charge on any atom is 0.410 e. The van der Waals surface area contributed by atoms with Crippen LogP contribution >= 0.6 is 0 Å². The Morgan fingerprint density at radius 1 is 1.08 bits per heavy atom. The van der Waals surface area contributed by atoms with Gasteiger partial charge in [-0.1, -0.05) is 6.07 Å². The van der Waals surface area contributed by atoms with Crippen LogP contribution in [-0.2, 0) is 4.74 Å². The summed E-state index contributed by atoms with van der Waals surface area (Å²) in [6.45, 7) is 7.63.